The van der Waals surface area contributed by atoms with E-state index >= 15 is 0 Å². The molecule has 1 saturated heterocycles. The van der Waals surface area contributed by atoms with Gasteiger partial charge in [-0.25, -0.2) is 9.97 Å². The molecule has 1 fully saturated rings. The molecule has 1 aliphatic rings. The van der Waals surface area contributed by atoms with Gasteiger partial charge in [-0.05, 0) is 43.0 Å². The molecule has 1 N–H and O–H groups in total. The van der Waals surface area contributed by atoms with Crippen LogP contribution in [0, 0.1) is 0 Å². The Morgan fingerprint density at radius 2 is 1.82 bits per heavy atom. The van der Waals surface area contributed by atoms with Crippen LogP contribution in [0.3, 0.4) is 0 Å². The number of fused-ring (bicyclic) bond motifs is 1. The zero-order chi connectivity index (χ0) is 19.3. The maximum absolute atomic E-state index is 13.1. The Bertz CT molecular complexity index is 966. The molecule has 2 heterocycles. The predicted octanol–water partition coefficient (Wildman–Crippen LogP) is 4.27. The lowest BCUT2D eigenvalue weighted by molar-refractivity contribution is 0.102. The first kappa shape index (κ1) is 18.2. The first-order valence-corrected chi connectivity index (χ1v) is 9.79. The van der Waals surface area contributed by atoms with Gasteiger partial charge in [0.25, 0.3) is 5.91 Å². The molecule has 1 aromatic heterocycles. The van der Waals surface area contributed by atoms with Crippen LogP contribution < -0.4 is 15.0 Å². The summed E-state index contributed by atoms with van der Waals surface area (Å²) in [7, 11) is 0. The van der Waals surface area contributed by atoms with Gasteiger partial charge in [-0.3, -0.25) is 4.79 Å². The SMILES string of the molecule is CCOc1ccc2ccccc2c1C(=O)Nc1cnc(N2CCCCC2)nc1. The fourth-order valence-electron chi connectivity index (χ4n) is 3.60. The van der Waals surface area contributed by atoms with Gasteiger partial charge in [0.15, 0.2) is 0 Å². The number of ether oxygens (including phenoxy) is 1. The highest BCUT2D eigenvalue weighted by Crippen LogP contribution is 2.29. The van der Waals surface area contributed by atoms with Crippen molar-refractivity contribution in [1.82, 2.24) is 9.97 Å². The van der Waals surface area contributed by atoms with E-state index in [1.807, 2.05) is 43.3 Å². The van der Waals surface area contributed by atoms with Crippen LogP contribution in [0.1, 0.15) is 36.5 Å². The summed E-state index contributed by atoms with van der Waals surface area (Å²) in [4.78, 5) is 24.1. The summed E-state index contributed by atoms with van der Waals surface area (Å²) < 4.78 is 5.70. The summed E-state index contributed by atoms with van der Waals surface area (Å²) >= 11 is 0. The van der Waals surface area contributed by atoms with E-state index in [9.17, 15) is 4.79 Å². The fraction of sp³-hybridized carbons (Fsp3) is 0.318. The molecule has 1 amide bonds. The number of nitrogens with one attached hydrogen (secondary N) is 1. The van der Waals surface area contributed by atoms with Crippen LogP contribution >= 0.6 is 0 Å². The van der Waals surface area contributed by atoms with Gasteiger partial charge < -0.3 is 15.0 Å². The van der Waals surface area contributed by atoms with Crippen LogP contribution in [-0.4, -0.2) is 35.6 Å². The number of amides is 1. The standard InChI is InChI=1S/C22H24N4O2/c1-2-28-19-11-10-16-8-4-5-9-18(16)20(19)21(27)25-17-14-23-22(24-15-17)26-12-6-3-7-13-26/h4-5,8-11,14-15H,2-3,6-7,12-13H2,1H3,(H,25,27). The summed E-state index contributed by atoms with van der Waals surface area (Å²) in [5, 5.41) is 4.77. The highest BCUT2D eigenvalue weighted by molar-refractivity contribution is 6.14. The van der Waals surface area contributed by atoms with Crippen molar-refractivity contribution in [1.29, 1.82) is 0 Å². The summed E-state index contributed by atoms with van der Waals surface area (Å²) in [6.07, 6.45) is 6.94. The van der Waals surface area contributed by atoms with E-state index in [1.165, 1.54) is 19.3 Å². The minimum atomic E-state index is -0.227. The summed E-state index contributed by atoms with van der Waals surface area (Å²) in [6, 6.07) is 11.6. The molecule has 0 bridgehead atoms. The smallest absolute Gasteiger partial charge is 0.260 e. The summed E-state index contributed by atoms with van der Waals surface area (Å²) in [5.74, 6) is 1.07. The number of carbonyl (C=O) groups excluding carboxylic acids is 1. The lowest BCUT2D eigenvalue weighted by Gasteiger charge is -2.26. The van der Waals surface area contributed by atoms with E-state index in [0.717, 1.165) is 29.8 Å². The predicted molar refractivity (Wildman–Crippen MR) is 111 cm³/mol. The Labute approximate surface area is 164 Å². The van der Waals surface area contributed by atoms with Gasteiger partial charge in [0.1, 0.15) is 5.75 Å². The van der Waals surface area contributed by atoms with Gasteiger partial charge in [-0.1, -0.05) is 30.3 Å². The molecule has 0 radical (unpaired) electrons. The molecule has 0 atom stereocenters. The van der Waals surface area contributed by atoms with E-state index in [1.54, 1.807) is 12.4 Å². The fourth-order valence-corrected chi connectivity index (χ4v) is 3.60. The molecule has 4 rings (SSSR count). The maximum Gasteiger partial charge on any atom is 0.260 e. The summed E-state index contributed by atoms with van der Waals surface area (Å²) in [5.41, 5.74) is 1.10. The van der Waals surface area contributed by atoms with Crippen LogP contribution in [0.25, 0.3) is 10.8 Å². The van der Waals surface area contributed by atoms with Crippen molar-refractivity contribution >= 4 is 28.3 Å². The van der Waals surface area contributed by atoms with Crippen LogP contribution in [0.4, 0.5) is 11.6 Å². The van der Waals surface area contributed by atoms with E-state index in [-0.39, 0.29) is 5.91 Å². The van der Waals surface area contributed by atoms with Gasteiger partial charge >= 0.3 is 0 Å². The molecule has 0 unspecified atom stereocenters. The second-order valence-corrected chi connectivity index (χ2v) is 6.87. The average molecular weight is 376 g/mol. The van der Waals surface area contributed by atoms with Gasteiger partial charge in [-0.15, -0.1) is 0 Å². The number of anilines is 2. The largest absolute Gasteiger partial charge is 0.493 e. The molecule has 0 spiro atoms. The summed E-state index contributed by atoms with van der Waals surface area (Å²) in [6.45, 7) is 4.37. The number of benzene rings is 2. The van der Waals surface area contributed by atoms with E-state index in [2.05, 4.69) is 20.2 Å². The Morgan fingerprint density at radius 3 is 2.57 bits per heavy atom. The molecule has 6 nitrogen and oxygen atoms in total. The van der Waals surface area contributed by atoms with Crippen LogP contribution in [-0.2, 0) is 0 Å². The van der Waals surface area contributed by atoms with Crippen molar-refractivity contribution in [3.63, 3.8) is 0 Å². The van der Waals surface area contributed by atoms with E-state index < -0.39 is 0 Å². The quantitative estimate of drug-likeness (QED) is 0.720. The Kier molecular flexibility index (Phi) is 5.37. The van der Waals surface area contributed by atoms with Crippen LogP contribution in [0.5, 0.6) is 5.75 Å². The first-order chi connectivity index (χ1) is 13.8. The van der Waals surface area contributed by atoms with Crippen LogP contribution in [0.15, 0.2) is 48.8 Å². The van der Waals surface area contributed by atoms with E-state index in [4.69, 9.17) is 4.74 Å². The lowest BCUT2D eigenvalue weighted by atomic mass is 10.0. The van der Waals surface area contributed by atoms with E-state index in [0.29, 0.717) is 23.6 Å². The Hall–Kier alpha value is -3.15. The first-order valence-electron chi connectivity index (χ1n) is 9.79. The second kappa shape index (κ2) is 8.25. The zero-order valence-electron chi connectivity index (χ0n) is 16.0. The minimum absolute atomic E-state index is 0.227. The molecule has 28 heavy (non-hydrogen) atoms. The maximum atomic E-state index is 13.1. The molecule has 0 aliphatic carbocycles. The zero-order valence-corrected chi connectivity index (χ0v) is 16.0. The van der Waals surface area contributed by atoms with Crippen molar-refractivity contribution in [2.75, 3.05) is 29.9 Å². The number of hydrogen-bond acceptors (Lipinski definition) is 5. The number of aromatic nitrogens is 2. The van der Waals surface area contributed by atoms with Gasteiger partial charge in [0, 0.05) is 13.1 Å². The molecule has 144 valence electrons. The third-order valence-corrected chi connectivity index (χ3v) is 4.95. The molecule has 2 aromatic carbocycles. The normalized spacial score (nSPS) is 14.1. The monoisotopic (exact) mass is 376 g/mol. The molecule has 0 saturated carbocycles. The number of hydrogen-bond donors (Lipinski definition) is 1. The number of nitrogens with zero attached hydrogens (tertiary/aromatic N) is 3. The highest BCUT2D eigenvalue weighted by atomic mass is 16.5. The average Bonchev–Trinajstić information content (AvgIpc) is 2.75. The van der Waals surface area contributed by atoms with Crippen LogP contribution in [0.2, 0.25) is 0 Å². The third-order valence-electron chi connectivity index (χ3n) is 4.95. The number of rotatable bonds is 5. The molecule has 3 aromatic rings. The molecular weight excluding hydrogens is 352 g/mol. The van der Waals surface area contributed by atoms with Crippen molar-refractivity contribution in [2.45, 2.75) is 26.2 Å². The van der Waals surface area contributed by atoms with Crippen molar-refractivity contribution in [2.24, 2.45) is 0 Å². The lowest BCUT2D eigenvalue weighted by Crippen LogP contribution is -2.30. The molecule has 6 heteroatoms. The Morgan fingerprint density at radius 1 is 1.07 bits per heavy atom. The third kappa shape index (κ3) is 3.76. The van der Waals surface area contributed by atoms with Crippen molar-refractivity contribution in [3.05, 3.63) is 54.4 Å². The minimum Gasteiger partial charge on any atom is -0.493 e. The number of piperidine rings is 1. The highest BCUT2D eigenvalue weighted by Gasteiger charge is 2.18. The van der Waals surface area contributed by atoms with Gasteiger partial charge in [0.05, 0.1) is 30.3 Å². The number of carbonyl (C=O) groups is 1. The van der Waals surface area contributed by atoms with Gasteiger partial charge in [-0.2, -0.15) is 0 Å². The molecule has 1 aliphatic heterocycles. The van der Waals surface area contributed by atoms with Crippen molar-refractivity contribution < 1.29 is 9.53 Å². The van der Waals surface area contributed by atoms with Gasteiger partial charge in [0.2, 0.25) is 5.95 Å². The second-order valence-electron chi connectivity index (χ2n) is 6.87. The Balaban J connectivity index is 1.59. The van der Waals surface area contributed by atoms with Crippen molar-refractivity contribution in [3.8, 4) is 5.75 Å². The topological polar surface area (TPSA) is 67.3 Å². The molecular formula is C22H24N4O2.